The predicted molar refractivity (Wildman–Crippen MR) is 357 cm³/mol. The number of carbonyl (C=O) groups is 10. The SMILES string of the molecule is COC(=O)[C@H](CC(=O)NC(c1ccccc1)(c1ccccc1)c1ccccc1)NC(=O)[C@@H]1CCCN1C(=O)[C@H](Cc1ccccc1)NC(=O)[C@H](CC(=O)NC(c1ccccc1)(c1ccccc1)c1ccccc1)NC(=O)[C@@H]1CCCN1C(=O)[C@H](CC(=O)O)NC(=O)OC(C)(C)C. The summed E-state index contributed by atoms with van der Waals surface area (Å²) in [5.74, 6) is -8.04. The fourth-order valence-electron chi connectivity index (χ4n) is 12.7. The quantitative estimate of drug-likeness (QED) is 0.0209. The first-order valence-corrected chi connectivity index (χ1v) is 32.0. The number of likely N-dealkylation sites (tertiary alicyclic amines) is 2. The summed E-state index contributed by atoms with van der Waals surface area (Å²) in [5.41, 5.74) is 0.976. The minimum absolute atomic E-state index is 0.0233. The van der Waals surface area contributed by atoms with Gasteiger partial charge in [-0.1, -0.05) is 212 Å². The molecule has 2 saturated heterocycles. The highest BCUT2D eigenvalue weighted by molar-refractivity contribution is 6.00. The molecule has 0 spiro atoms. The van der Waals surface area contributed by atoms with Crippen molar-refractivity contribution >= 4 is 59.4 Å². The van der Waals surface area contributed by atoms with Gasteiger partial charge in [0.1, 0.15) is 52.9 Å². The Balaban J connectivity index is 1.02. The molecular formula is C75H80N8O13. The zero-order valence-electron chi connectivity index (χ0n) is 54.0. The minimum atomic E-state index is -1.79. The van der Waals surface area contributed by atoms with Gasteiger partial charge in [-0.25, -0.2) is 9.59 Å². The topological polar surface area (TPSA) is 288 Å². The van der Waals surface area contributed by atoms with Crippen LogP contribution >= 0.6 is 0 Å². The minimum Gasteiger partial charge on any atom is -0.481 e. The van der Waals surface area contributed by atoms with Crippen LogP contribution < -0.4 is 31.9 Å². The molecule has 9 rings (SSSR count). The van der Waals surface area contributed by atoms with E-state index in [1.54, 1.807) is 51.1 Å². The number of nitrogens with zero attached hydrogens (tertiary/aromatic N) is 2. The van der Waals surface area contributed by atoms with Crippen molar-refractivity contribution in [1.29, 1.82) is 0 Å². The number of hydrogen-bond donors (Lipinski definition) is 7. The number of carbonyl (C=O) groups excluding carboxylic acids is 9. The first-order chi connectivity index (χ1) is 46.2. The number of carboxylic acid groups (broad SMARTS) is 1. The number of aliphatic carboxylic acids is 1. The monoisotopic (exact) mass is 1300 g/mol. The van der Waals surface area contributed by atoms with E-state index in [0.717, 1.165) is 12.0 Å². The summed E-state index contributed by atoms with van der Waals surface area (Å²) in [4.78, 5) is 146. The average Bonchev–Trinajstić information content (AvgIpc) is 0.922. The van der Waals surface area contributed by atoms with Crippen molar-refractivity contribution < 1.29 is 62.5 Å². The summed E-state index contributed by atoms with van der Waals surface area (Å²) >= 11 is 0. The number of ether oxygens (including phenoxy) is 2. The third-order valence-electron chi connectivity index (χ3n) is 17.1. The van der Waals surface area contributed by atoms with Crippen LogP contribution in [-0.4, -0.2) is 136 Å². The molecule has 2 fully saturated rings. The van der Waals surface area contributed by atoms with Gasteiger partial charge in [-0.05, 0) is 85.4 Å². The fraction of sp³-hybridized carbons (Fsp3) is 0.307. The lowest BCUT2D eigenvalue weighted by Gasteiger charge is -2.37. The van der Waals surface area contributed by atoms with Gasteiger partial charge in [0.2, 0.25) is 41.4 Å². The van der Waals surface area contributed by atoms with E-state index in [0.29, 0.717) is 45.4 Å². The van der Waals surface area contributed by atoms with E-state index in [2.05, 4.69) is 31.9 Å². The van der Waals surface area contributed by atoms with E-state index in [-0.39, 0.29) is 38.8 Å². The predicted octanol–water partition coefficient (Wildman–Crippen LogP) is 7.20. The number of carboxylic acids is 1. The lowest BCUT2D eigenvalue weighted by molar-refractivity contribution is -0.148. The molecule has 0 bridgehead atoms. The molecule has 96 heavy (non-hydrogen) atoms. The molecule has 21 nitrogen and oxygen atoms in total. The lowest BCUT2D eigenvalue weighted by atomic mass is 9.77. The van der Waals surface area contributed by atoms with Gasteiger partial charge in [-0.2, -0.15) is 0 Å². The van der Waals surface area contributed by atoms with Gasteiger partial charge < -0.3 is 56.3 Å². The van der Waals surface area contributed by atoms with Crippen molar-refractivity contribution in [2.24, 2.45) is 0 Å². The van der Waals surface area contributed by atoms with Crippen LogP contribution in [0.1, 0.15) is 105 Å². The van der Waals surface area contributed by atoms with E-state index in [1.165, 1.54) is 4.90 Å². The van der Waals surface area contributed by atoms with E-state index >= 15 is 14.4 Å². The van der Waals surface area contributed by atoms with Crippen LogP contribution in [-0.2, 0) is 70.1 Å². The van der Waals surface area contributed by atoms with E-state index < -0.39 is 132 Å². The number of hydrogen-bond acceptors (Lipinski definition) is 12. The number of alkyl carbamates (subject to hydrolysis) is 1. The third-order valence-corrected chi connectivity index (χ3v) is 17.1. The second-order valence-corrected chi connectivity index (χ2v) is 24.8. The normalized spacial score (nSPS) is 15.9. The first-order valence-electron chi connectivity index (χ1n) is 32.0. The summed E-state index contributed by atoms with van der Waals surface area (Å²) in [6.45, 7) is 4.75. The Hall–Kier alpha value is -11.0. The molecular weight excluding hydrogens is 1220 g/mol. The Kier molecular flexibility index (Phi) is 23.0. The highest BCUT2D eigenvalue weighted by atomic mass is 16.6. The van der Waals surface area contributed by atoms with Crippen molar-refractivity contribution in [1.82, 2.24) is 41.7 Å². The van der Waals surface area contributed by atoms with E-state index in [1.807, 2.05) is 182 Å². The fourth-order valence-corrected chi connectivity index (χ4v) is 12.7. The highest BCUT2D eigenvalue weighted by Gasteiger charge is 2.45. The van der Waals surface area contributed by atoms with Gasteiger partial charge >= 0.3 is 18.0 Å². The van der Waals surface area contributed by atoms with Crippen LogP contribution in [0.15, 0.2) is 212 Å². The molecule has 2 aliphatic heterocycles. The number of amides is 8. The molecule has 2 heterocycles. The van der Waals surface area contributed by atoms with Crippen molar-refractivity contribution in [3.8, 4) is 0 Å². The molecule has 0 unspecified atom stereocenters. The first kappa shape index (κ1) is 69.4. The molecule has 7 N–H and O–H groups in total. The highest BCUT2D eigenvalue weighted by Crippen LogP contribution is 2.39. The summed E-state index contributed by atoms with van der Waals surface area (Å²) in [5, 5.41) is 27.0. The van der Waals surface area contributed by atoms with Crippen LogP contribution in [0.4, 0.5) is 4.79 Å². The van der Waals surface area contributed by atoms with Gasteiger partial charge in [0.25, 0.3) is 0 Å². The molecule has 0 aromatic heterocycles. The van der Waals surface area contributed by atoms with Crippen molar-refractivity contribution in [3.05, 3.63) is 251 Å². The van der Waals surface area contributed by atoms with Gasteiger partial charge in [0.05, 0.1) is 26.4 Å². The number of rotatable bonds is 26. The number of nitrogens with one attached hydrogen (secondary N) is 6. The zero-order valence-corrected chi connectivity index (χ0v) is 54.0. The van der Waals surface area contributed by atoms with Crippen LogP contribution in [0.3, 0.4) is 0 Å². The average molecular weight is 1300 g/mol. The van der Waals surface area contributed by atoms with Crippen LogP contribution in [0.2, 0.25) is 0 Å². The maximum absolute atomic E-state index is 15.5. The summed E-state index contributed by atoms with van der Waals surface area (Å²) in [6.07, 6.45) is -2.69. The maximum Gasteiger partial charge on any atom is 0.408 e. The Morgan fingerprint density at radius 2 is 0.792 bits per heavy atom. The third kappa shape index (κ3) is 16.9. The Morgan fingerprint density at radius 1 is 0.448 bits per heavy atom. The molecule has 498 valence electrons. The Morgan fingerprint density at radius 3 is 1.15 bits per heavy atom. The van der Waals surface area contributed by atoms with E-state index in [9.17, 15) is 38.7 Å². The number of esters is 1. The summed E-state index contributed by atoms with van der Waals surface area (Å²) < 4.78 is 10.5. The molecule has 8 amide bonds. The van der Waals surface area contributed by atoms with Crippen LogP contribution in [0, 0.1) is 0 Å². The molecule has 7 aromatic rings. The van der Waals surface area contributed by atoms with Gasteiger partial charge in [0.15, 0.2) is 0 Å². The van der Waals surface area contributed by atoms with Gasteiger partial charge in [-0.3, -0.25) is 38.4 Å². The smallest absolute Gasteiger partial charge is 0.408 e. The number of methoxy groups -OCH3 is 1. The maximum atomic E-state index is 15.5. The molecule has 6 atom stereocenters. The number of benzene rings is 7. The van der Waals surface area contributed by atoms with Crippen molar-refractivity contribution in [2.75, 3.05) is 20.2 Å². The zero-order chi connectivity index (χ0) is 68.4. The van der Waals surface area contributed by atoms with Crippen LogP contribution in [0.5, 0.6) is 0 Å². The van der Waals surface area contributed by atoms with Crippen molar-refractivity contribution in [3.63, 3.8) is 0 Å². The molecule has 0 radical (unpaired) electrons. The van der Waals surface area contributed by atoms with Gasteiger partial charge in [-0.15, -0.1) is 0 Å². The summed E-state index contributed by atoms with van der Waals surface area (Å²) in [7, 11) is 1.13. The molecule has 0 aliphatic carbocycles. The van der Waals surface area contributed by atoms with Crippen molar-refractivity contribution in [2.45, 2.75) is 125 Å². The second kappa shape index (κ2) is 31.8. The standard InChI is InChI=1S/C75H80N8O13/c1-73(2,3)96-72(94)79-59(49-65(86)87)70(92)83-45-26-42-61(83)67(89)76-57(47-63(84)80-74(51-30-14-6-15-31-51,52-32-16-7-17-33-52)53-34-18-8-19-35-53)66(88)77-58(46-50-28-12-5-13-29-50)69(91)82-44-27-43-62(82)68(90)78-60(71(93)95-4)48-64(85)81-75(54-36-20-9-21-37-54,55-38-22-10-23-39-55)56-40-24-11-25-41-56/h5-25,28-41,57-62H,26-27,42-49H2,1-4H3,(H,76,89)(H,77,88)(H,78,90)(H,79,94)(H,80,84)(H,81,85)(H,86,87)/t57-,58-,59-,60-,61-,62-/m0/s1. The van der Waals surface area contributed by atoms with E-state index in [4.69, 9.17) is 9.47 Å². The Labute approximate surface area is 557 Å². The largest absolute Gasteiger partial charge is 0.481 e. The van der Waals surface area contributed by atoms with Crippen LogP contribution in [0.25, 0.3) is 0 Å². The van der Waals surface area contributed by atoms with Gasteiger partial charge in [0, 0.05) is 19.5 Å². The molecule has 0 saturated carbocycles. The lowest BCUT2D eigenvalue weighted by Crippen LogP contribution is -2.60. The molecule has 2 aliphatic rings. The summed E-state index contributed by atoms with van der Waals surface area (Å²) in [6, 6.07) is 55.1. The Bertz CT molecular complexity index is 3650. The second-order valence-electron chi connectivity index (χ2n) is 24.8. The molecule has 21 heteroatoms. The molecule has 7 aromatic carbocycles.